The third-order valence-corrected chi connectivity index (χ3v) is 3.83. The van der Waals surface area contributed by atoms with Crippen LogP contribution in [0.5, 0.6) is 0 Å². The molecule has 0 saturated heterocycles. The Labute approximate surface area is 82.2 Å². The van der Waals surface area contributed by atoms with Crippen molar-refractivity contribution < 1.29 is 8.42 Å². The standard InChI is InChI=1S/C9H21NO2S/c1-8(2)6-10(5)13(11,12)7-9(3)4/h8-9H,6-7H2,1-5H3. The van der Waals surface area contributed by atoms with E-state index in [0.717, 1.165) is 0 Å². The molecule has 0 aromatic carbocycles. The van der Waals surface area contributed by atoms with E-state index < -0.39 is 10.0 Å². The lowest BCUT2D eigenvalue weighted by atomic mass is 10.2. The smallest absolute Gasteiger partial charge is 0.212 e. The summed E-state index contributed by atoms with van der Waals surface area (Å²) in [4.78, 5) is 0. The number of nitrogens with zero attached hydrogens (tertiary/aromatic N) is 1. The highest BCUT2D eigenvalue weighted by Crippen LogP contribution is 2.07. The van der Waals surface area contributed by atoms with Crippen LogP contribution in [-0.2, 0) is 10.0 Å². The van der Waals surface area contributed by atoms with Crippen molar-refractivity contribution in [2.45, 2.75) is 27.7 Å². The first-order chi connectivity index (χ1) is 5.75. The van der Waals surface area contributed by atoms with Gasteiger partial charge >= 0.3 is 0 Å². The second kappa shape index (κ2) is 4.96. The molecule has 0 radical (unpaired) electrons. The first-order valence-corrected chi connectivity index (χ1v) is 6.30. The van der Waals surface area contributed by atoms with Gasteiger partial charge in [0.25, 0.3) is 0 Å². The molecule has 0 unspecified atom stereocenters. The van der Waals surface area contributed by atoms with Gasteiger partial charge in [-0.25, -0.2) is 12.7 Å². The van der Waals surface area contributed by atoms with E-state index in [1.165, 1.54) is 4.31 Å². The topological polar surface area (TPSA) is 37.4 Å². The van der Waals surface area contributed by atoms with Gasteiger partial charge in [0.05, 0.1) is 5.75 Å². The largest absolute Gasteiger partial charge is 0.214 e. The zero-order valence-electron chi connectivity index (χ0n) is 9.24. The summed E-state index contributed by atoms with van der Waals surface area (Å²) >= 11 is 0. The Morgan fingerprint density at radius 1 is 1.08 bits per heavy atom. The van der Waals surface area contributed by atoms with Gasteiger partial charge in [0, 0.05) is 13.6 Å². The lowest BCUT2D eigenvalue weighted by Gasteiger charge is -2.20. The molecule has 0 heterocycles. The molecule has 0 amide bonds. The van der Waals surface area contributed by atoms with Crippen LogP contribution in [0, 0.1) is 11.8 Å². The highest BCUT2D eigenvalue weighted by Gasteiger charge is 2.19. The quantitative estimate of drug-likeness (QED) is 0.686. The van der Waals surface area contributed by atoms with Gasteiger partial charge in [-0.3, -0.25) is 0 Å². The molecule has 4 heteroatoms. The molecule has 0 aliphatic rings. The zero-order valence-corrected chi connectivity index (χ0v) is 10.1. The minimum atomic E-state index is -3.02. The molecule has 0 aliphatic heterocycles. The maximum absolute atomic E-state index is 11.6. The predicted octanol–water partition coefficient (Wildman–Crippen LogP) is 1.56. The zero-order chi connectivity index (χ0) is 10.6. The second-order valence-electron chi connectivity index (χ2n) is 4.35. The molecule has 0 N–H and O–H groups in total. The van der Waals surface area contributed by atoms with E-state index in [1.807, 2.05) is 27.7 Å². The van der Waals surface area contributed by atoms with E-state index in [1.54, 1.807) is 7.05 Å². The van der Waals surface area contributed by atoms with Crippen molar-refractivity contribution >= 4 is 10.0 Å². The third kappa shape index (κ3) is 5.26. The normalized spacial score (nSPS) is 13.2. The van der Waals surface area contributed by atoms with Gasteiger partial charge in [-0.05, 0) is 11.8 Å². The predicted molar refractivity (Wildman–Crippen MR) is 56.1 cm³/mol. The van der Waals surface area contributed by atoms with Crippen LogP contribution in [0.3, 0.4) is 0 Å². The van der Waals surface area contributed by atoms with Gasteiger partial charge in [-0.15, -0.1) is 0 Å². The maximum Gasteiger partial charge on any atom is 0.214 e. The molecule has 0 fully saturated rings. The molecule has 80 valence electrons. The van der Waals surface area contributed by atoms with Crippen LogP contribution in [-0.4, -0.2) is 32.1 Å². The Kier molecular flexibility index (Phi) is 4.92. The van der Waals surface area contributed by atoms with E-state index in [9.17, 15) is 8.42 Å². The third-order valence-electron chi connectivity index (χ3n) is 1.64. The van der Waals surface area contributed by atoms with Crippen LogP contribution in [0.25, 0.3) is 0 Å². The molecule has 0 bridgehead atoms. The van der Waals surface area contributed by atoms with Crippen LogP contribution in [0.2, 0.25) is 0 Å². The SMILES string of the molecule is CC(C)CN(C)S(=O)(=O)CC(C)C. The Hall–Kier alpha value is -0.0900. The molecule has 0 spiro atoms. The molecule has 0 rings (SSSR count). The Bertz CT molecular complexity index is 232. The van der Waals surface area contributed by atoms with Gasteiger partial charge in [0.15, 0.2) is 0 Å². The molecule has 0 saturated carbocycles. The van der Waals surface area contributed by atoms with Crippen molar-refractivity contribution in [2.24, 2.45) is 11.8 Å². The minimum absolute atomic E-state index is 0.194. The van der Waals surface area contributed by atoms with Gasteiger partial charge < -0.3 is 0 Å². The van der Waals surface area contributed by atoms with Crippen molar-refractivity contribution in [1.29, 1.82) is 0 Å². The Balaban J connectivity index is 4.29. The lowest BCUT2D eigenvalue weighted by molar-refractivity contribution is 0.413. The van der Waals surface area contributed by atoms with Gasteiger partial charge in [0.1, 0.15) is 0 Å². The van der Waals surface area contributed by atoms with Crippen LogP contribution in [0.1, 0.15) is 27.7 Å². The number of hydrogen-bond acceptors (Lipinski definition) is 2. The average molecular weight is 207 g/mol. The van der Waals surface area contributed by atoms with Crippen molar-refractivity contribution in [3.8, 4) is 0 Å². The summed E-state index contributed by atoms with van der Waals surface area (Å²) in [6.07, 6.45) is 0. The highest BCUT2D eigenvalue weighted by atomic mass is 32.2. The van der Waals surface area contributed by atoms with Crippen molar-refractivity contribution in [1.82, 2.24) is 4.31 Å². The molecule has 0 aromatic heterocycles. The summed E-state index contributed by atoms with van der Waals surface area (Å²) in [5, 5.41) is 0. The van der Waals surface area contributed by atoms with E-state index >= 15 is 0 Å². The van der Waals surface area contributed by atoms with Crippen molar-refractivity contribution in [3.05, 3.63) is 0 Å². The summed E-state index contributed by atoms with van der Waals surface area (Å²) < 4.78 is 24.7. The van der Waals surface area contributed by atoms with E-state index in [0.29, 0.717) is 12.5 Å². The highest BCUT2D eigenvalue weighted by molar-refractivity contribution is 7.89. The first-order valence-electron chi connectivity index (χ1n) is 4.69. The molecular formula is C9H21NO2S. The lowest BCUT2D eigenvalue weighted by Crippen LogP contribution is -2.33. The van der Waals surface area contributed by atoms with Crippen molar-refractivity contribution in [3.63, 3.8) is 0 Å². The van der Waals surface area contributed by atoms with Gasteiger partial charge in [-0.1, -0.05) is 27.7 Å². The second-order valence-corrected chi connectivity index (χ2v) is 6.47. The maximum atomic E-state index is 11.6. The van der Waals surface area contributed by atoms with Crippen LogP contribution >= 0.6 is 0 Å². The molecule has 0 atom stereocenters. The van der Waals surface area contributed by atoms with Crippen LogP contribution in [0.15, 0.2) is 0 Å². The summed E-state index contributed by atoms with van der Waals surface area (Å²) in [6.45, 7) is 8.47. The fourth-order valence-electron chi connectivity index (χ4n) is 1.18. The minimum Gasteiger partial charge on any atom is -0.212 e. The summed E-state index contributed by atoms with van der Waals surface area (Å²) in [6, 6.07) is 0. The molecule has 0 aliphatic carbocycles. The van der Waals surface area contributed by atoms with Crippen LogP contribution < -0.4 is 0 Å². The van der Waals surface area contributed by atoms with Gasteiger partial charge in [-0.2, -0.15) is 0 Å². The van der Waals surface area contributed by atoms with Crippen LogP contribution in [0.4, 0.5) is 0 Å². The summed E-state index contributed by atoms with van der Waals surface area (Å²) in [5.74, 6) is 0.822. The fraction of sp³-hybridized carbons (Fsp3) is 1.00. The van der Waals surface area contributed by atoms with Gasteiger partial charge in [0.2, 0.25) is 10.0 Å². The molecule has 13 heavy (non-hydrogen) atoms. The fourth-order valence-corrected chi connectivity index (χ4v) is 2.80. The summed E-state index contributed by atoms with van der Waals surface area (Å²) in [7, 11) is -1.37. The number of rotatable bonds is 5. The van der Waals surface area contributed by atoms with E-state index in [-0.39, 0.29) is 11.7 Å². The van der Waals surface area contributed by atoms with E-state index in [2.05, 4.69) is 0 Å². The first kappa shape index (κ1) is 12.9. The van der Waals surface area contributed by atoms with Crippen molar-refractivity contribution in [2.75, 3.05) is 19.3 Å². The summed E-state index contributed by atoms with van der Waals surface area (Å²) in [5.41, 5.74) is 0. The monoisotopic (exact) mass is 207 g/mol. The average Bonchev–Trinajstić information content (AvgIpc) is 1.81. The number of hydrogen-bond donors (Lipinski definition) is 0. The van der Waals surface area contributed by atoms with E-state index in [4.69, 9.17) is 0 Å². The Morgan fingerprint density at radius 3 is 1.85 bits per heavy atom. The Morgan fingerprint density at radius 2 is 1.54 bits per heavy atom. The molecular weight excluding hydrogens is 186 g/mol. The number of sulfonamides is 1. The molecule has 0 aromatic rings. The molecule has 3 nitrogen and oxygen atoms in total.